The van der Waals surface area contributed by atoms with E-state index in [1.807, 2.05) is 69.6 Å². The van der Waals surface area contributed by atoms with Gasteiger partial charge in [0.05, 0.1) is 18.3 Å². The molecule has 2 atom stereocenters. The lowest BCUT2D eigenvalue weighted by Gasteiger charge is -2.40. The standard InChI is InChI=1S/C31H35N5O2/c1-21-17-23(13-15-32-21)29-27-18-24(9-10-25(27)19-33-29)30(37)34-26-11-12-28(31(38)35(2)3)36(20-26)16-14-22-7-5-4-6-8-22/h4-10,13,15,17-18,26,28H,11-12,14,16,19-20H2,1-3H3,(H,34,37)/t26-,28+/m1/s1. The Labute approximate surface area is 224 Å². The van der Waals surface area contributed by atoms with Gasteiger partial charge < -0.3 is 10.2 Å². The quantitative estimate of drug-likeness (QED) is 0.528. The summed E-state index contributed by atoms with van der Waals surface area (Å²) in [4.78, 5) is 39.2. The van der Waals surface area contributed by atoms with Crippen LogP contribution < -0.4 is 5.32 Å². The van der Waals surface area contributed by atoms with Crippen molar-refractivity contribution < 1.29 is 9.59 Å². The van der Waals surface area contributed by atoms with E-state index >= 15 is 0 Å². The first-order valence-corrected chi connectivity index (χ1v) is 13.3. The molecule has 2 aromatic carbocycles. The molecule has 2 amide bonds. The zero-order chi connectivity index (χ0) is 26.6. The van der Waals surface area contributed by atoms with E-state index in [2.05, 4.69) is 27.3 Å². The number of aliphatic imine (C=N–C) groups is 1. The van der Waals surface area contributed by atoms with Crippen LogP contribution in [-0.4, -0.2) is 71.6 Å². The fourth-order valence-electron chi connectivity index (χ4n) is 5.44. The predicted molar refractivity (Wildman–Crippen MR) is 149 cm³/mol. The Hall–Kier alpha value is -3.84. The third-order valence-corrected chi connectivity index (χ3v) is 7.48. The van der Waals surface area contributed by atoms with Gasteiger partial charge in [-0.05, 0) is 61.6 Å². The Morgan fingerprint density at radius 3 is 2.63 bits per heavy atom. The number of carbonyl (C=O) groups excluding carboxylic acids is 2. The second-order valence-electron chi connectivity index (χ2n) is 10.4. The van der Waals surface area contributed by atoms with Crippen molar-refractivity contribution in [3.63, 3.8) is 0 Å². The number of likely N-dealkylation sites (N-methyl/N-ethyl adjacent to an activating group) is 1. The highest BCUT2D eigenvalue weighted by molar-refractivity contribution is 6.16. The number of amides is 2. The van der Waals surface area contributed by atoms with Crippen molar-refractivity contribution in [1.82, 2.24) is 20.1 Å². The molecule has 0 unspecified atom stereocenters. The fraction of sp³-hybridized carbons (Fsp3) is 0.355. The topological polar surface area (TPSA) is 77.9 Å². The van der Waals surface area contributed by atoms with E-state index in [-0.39, 0.29) is 23.9 Å². The normalized spacial score (nSPS) is 19.0. The zero-order valence-corrected chi connectivity index (χ0v) is 22.4. The number of nitrogens with zero attached hydrogens (tertiary/aromatic N) is 4. The number of fused-ring (bicyclic) bond motifs is 1. The first-order valence-electron chi connectivity index (χ1n) is 13.3. The number of carbonyl (C=O) groups is 2. The molecule has 1 saturated heterocycles. The van der Waals surface area contributed by atoms with Crippen molar-refractivity contribution in [2.24, 2.45) is 4.99 Å². The molecule has 1 fully saturated rings. The number of pyridine rings is 1. The maximum atomic E-state index is 13.4. The number of likely N-dealkylation sites (tertiary alicyclic amines) is 1. The van der Waals surface area contributed by atoms with Gasteiger partial charge in [-0.2, -0.15) is 0 Å². The monoisotopic (exact) mass is 509 g/mol. The summed E-state index contributed by atoms with van der Waals surface area (Å²) < 4.78 is 0. The SMILES string of the molecule is Cc1cc(C2=NCc3ccc(C(=O)N[C@@H]4CC[C@@H](C(=O)N(C)C)N(CCc5ccccc5)C4)cc32)ccn1. The Balaban J connectivity index is 1.28. The summed E-state index contributed by atoms with van der Waals surface area (Å²) >= 11 is 0. The van der Waals surface area contributed by atoms with Crippen molar-refractivity contribution >= 4 is 17.5 Å². The van der Waals surface area contributed by atoms with Gasteiger partial charge in [-0.1, -0.05) is 36.4 Å². The maximum Gasteiger partial charge on any atom is 0.251 e. The smallest absolute Gasteiger partial charge is 0.251 e. The van der Waals surface area contributed by atoms with Crippen LogP contribution >= 0.6 is 0 Å². The lowest BCUT2D eigenvalue weighted by Crippen LogP contribution is -2.56. The zero-order valence-electron chi connectivity index (χ0n) is 22.4. The predicted octanol–water partition coefficient (Wildman–Crippen LogP) is 3.63. The Kier molecular flexibility index (Phi) is 7.65. The van der Waals surface area contributed by atoms with Gasteiger partial charge in [0.25, 0.3) is 5.91 Å². The van der Waals surface area contributed by atoms with Gasteiger partial charge in [-0.3, -0.25) is 24.5 Å². The second kappa shape index (κ2) is 11.3. The van der Waals surface area contributed by atoms with E-state index in [9.17, 15) is 9.59 Å². The van der Waals surface area contributed by atoms with E-state index in [1.165, 1.54) is 5.56 Å². The van der Waals surface area contributed by atoms with Crippen LogP contribution in [0.15, 0.2) is 71.9 Å². The number of benzene rings is 2. The van der Waals surface area contributed by atoms with Gasteiger partial charge >= 0.3 is 0 Å². The van der Waals surface area contributed by atoms with Crippen LogP contribution in [-0.2, 0) is 17.8 Å². The van der Waals surface area contributed by atoms with E-state index in [1.54, 1.807) is 11.1 Å². The molecule has 0 saturated carbocycles. The summed E-state index contributed by atoms with van der Waals surface area (Å²) in [5.41, 5.74) is 6.88. The minimum absolute atomic E-state index is 0.0197. The Morgan fingerprint density at radius 1 is 1.05 bits per heavy atom. The molecule has 2 aliphatic rings. The van der Waals surface area contributed by atoms with Crippen LogP contribution in [0.2, 0.25) is 0 Å². The molecule has 3 heterocycles. The van der Waals surface area contributed by atoms with E-state index in [0.717, 1.165) is 53.9 Å². The van der Waals surface area contributed by atoms with Crippen molar-refractivity contribution in [2.45, 2.75) is 44.8 Å². The minimum atomic E-state index is -0.163. The minimum Gasteiger partial charge on any atom is -0.348 e. The van der Waals surface area contributed by atoms with Gasteiger partial charge in [0, 0.05) is 61.8 Å². The second-order valence-corrected chi connectivity index (χ2v) is 10.4. The first-order chi connectivity index (χ1) is 18.4. The van der Waals surface area contributed by atoms with Gasteiger partial charge in [0.15, 0.2) is 0 Å². The molecule has 0 radical (unpaired) electrons. The lowest BCUT2D eigenvalue weighted by molar-refractivity contribution is -0.135. The van der Waals surface area contributed by atoms with E-state index < -0.39 is 0 Å². The van der Waals surface area contributed by atoms with Crippen LogP contribution in [0.5, 0.6) is 0 Å². The van der Waals surface area contributed by atoms with Crippen molar-refractivity contribution in [2.75, 3.05) is 27.2 Å². The summed E-state index contributed by atoms with van der Waals surface area (Å²) in [6, 6.07) is 20.0. The number of rotatable bonds is 7. The highest BCUT2D eigenvalue weighted by Crippen LogP contribution is 2.25. The largest absolute Gasteiger partial charge is 0.348 e. The highest BCUT2D eigenvalue weighted by Gasteiger charge is 2.34. The maximum absolute atomic E-state index is 13.4. The third kappa shape index (κ3) is 5.68. The fourth-order valence-corrected chi connectivity index (χ4v) is 5.44. The Morgan fingerprint density at radius 2 is 1.87 bits per heavy atom. The summed E-state index contributed by atoms with van der Waals surface area (Å²) in [7, 11) is 3.62. The number of piperidine rings is 1. The van der Waals surface area contributed by atoms with Gasteiger partial charge in [-0.15, -0.1) is 0 Å². The number of hydrogen-bond donors (Lipinski definition) is 1. The average Bonchev–Trinajstić information content (AvgIpc) is 3.35. The number of nitrogens with one attached hydrogen (secondary N) is 1. The highest BCUT2D eigenvalue weighted by atomic mass is 16.2. The molecular weight excluding hydrogens is 474 g/mol. The van der Waals surface area contributed by atoms with Crippen LogP contribution in [0.4, 0.5) is 0 Å². The molecule has 2 aliphatic heterocycles. The van der Waals surface area contributed by atoms with Crippen molar-refractivity contribution in [3.05, 3.63) is 100 Å². The molecule has 38 heavy (non-hydrogen) atoms. The van der Waals surface area contributed by atoms with Gasteiger partial charge in [0.2, 0.25) is 5.91 Å². The van der Waals surface area contributed by atoms with Gasteiger partial charge in [-0.25, -0.2) is 0 Å². The summed E-state index contributed by atoms with van der Waals surface area (Å²) in [6.07, 6.45) is 4.15. The summed E-state index contributed by atoms with van der Waals surface area (Å²) in [5.74, 6) is 0.0370. The molecule has 7 nitrogen and oxygen atoms in total. The molecular formula is C31H35N5O2. The summed E-state index contributed by atoms with van der Waals surface area (Å²) in [5, 5.41) is 3.25. The third-order valence-electron chi connectivity index (χ3n) is 7.48. The number of hydrogen-bond acceptors (Lipinski definition) is 5. The molecule has 1 aromatic heterocycles. The molecule has 5 rings (SSSR count). The molecule has 1 N–H and O–H groups in total. The molecule has 7 heteroatoms. The molecule has 0 aliphatic carbocycles. The van der Waals surface area contributed by atoms with E-state index in [4.69, 9.17) is 4.99 Å². The molecule has 0 spiro atoms. The van der Waals surface area contributed by atoms with Crippen molar-refractivity contribution in [1.29, 1.82) is 0 Å². The van der Waals surface area contributed by atoms with Crippen molar-refractivity contribution in [3.8, 4) is 0 Å². The van der Waals surface area contributed by atoms with Gasteiger partial charge in [0.1, 0.15) is 0 Å². The molecule has 196 valence electrons. The van der Waals surface area contributed by atoms with Crippen LogP contribution in [0.25, 0.3) is 0 Å². The lowest BCUT2D eigenvalue weighted by atomic mass is 9.95. The van der Waals surface area contributed by atoms with E-state index in [0.29, 0.717) is 18.7 Å². The molecule has 3 aromatic rings. The van der Waals surface area contributed by atoms with Crippen LogP contribution in [0, 0.1) is 6.92 Å². The summed E-state index contributed by atoms with van der Waals surface area (Å²) in [6.45, 7) is 4.00. The Bertz CT molecular complexity index is 1350. The van der Waals surface area contributed by atoms with Crippen LogP contribution in [0.1, 0.15) is 51.1 Å². The molecule has 0 bridgehead atoms. The number of aromatic nitrogens is 1. The first kappa shape index (κ1) is 25.8. The van der Waals surface area contributed by atoms with Crippen LogP contribution in [0.3, 0.4) is 0 Å². The number of aryl methyl sites for hydroxylation is 1. The average molecular weight is 510 g/mol.